The minimum atomic E-state index is -0.475. The molecule has 0 saturated heterocycles. The number of methoxy groups -OCH3 is 1. The Bertz CT molecular complexity index is 771. The third kappa shape index (κ3) is 15.7. The number of rotatable bonds is 7. The lowest BCUT2D eigenvalue weighted by Gasteiger charge is -2.02. The van der Waals surface area contributed by atoms with Crippen molar-refractivity contribution in [3.05, 3.63) is 71.8 Å². The Labute approximate surface area is 176 Å². The zero-order valence-electron chi connectivity index (χ0n) is 17.5. The lowest BCUT2D eigenvalue weighted by atomic mass is 10.2. The third-order valence-corrected chi connectivity index (χ3v) is 3.28. The van der Waals surface area contributed by atoms with Gasteiger partial charge in [-0.05, 0) is 25.0 Å². The quantitative estimate of drug-likeness (QED) is 0.546. The standard InChI is InChI=1S/C11H12O3.C7H8O.C5H8O3/c1-9(12)7-11(13)14-8-10-5-3-2-4-6-10;8-6-7-4-2-1-3-5-7;1-4(6)3-5(7)8-2/h2-6H,7-8H2,1H3;1-5,8H,6H2;3H2,1-2H3. The number of aliphatic hydroxyl groups is 1. The average molecular weight is 416 g/mol. The van der Waals surface area contributed by atoms with Gasteiger partial charge in [0, 0.05) is 0 Å². The lowest BCUT2D eigenvalue weighted by Crippen LogP contribution is -2.08. The summed E-state index contributed by atoms with van der Waals surface area (Å²) in [7, 11) is 1.26. The van der Waals surface area contributed by atoms with Crippen LogP contribution >= 0.6 is 0 Å². The van der Waals surface area contributed by atoms with Gasteiger partial charge in [-0.2, -0.15) is 0 Å². The van der Waals surface area contributed by atoms with Gasteiger partial charge < -0.3 is 14.6 Å². The molecule has 0 amide bonds. The normalized spacial score (nSPS) is 9.07. The van der Waals surface area contributed by atoms with Gasteiger partial charge in [-0.15, -0.1) is 0 Å². The Balaban J connectivity index is 0.000000451. The van der Waals surface area contributed by atoms with Gasteiger partial charge in [0.1, 0.15) is 31.0 Å². The number of hydrogen-bond acceptors (Lipinski definition) is 7. The van der Waals surface area contributed by atoms with Crippen molar-refractivity contribution in [1.82, 2.24) is 0 Å². The molecule has 7 nitrogen and oxygen atoms in total. The van der Waals surface area contributed by atoms with Crippen molar-refractivity contribution in [3.8, 4) is 0 Å². The predicted molar refractivity (Wildman–Crippen MR) is 111 cm³/mol. The Morgan fingerprint density at radius 2 is 1.17 bits per heavy atom. The summed E-state index contributed by atoms with van der Waals surface area (Å²) in [6.07, 6.45) is -0.261. The van der Waals surface area contributed by atoms with Crippen LogP contribution < -0.4 is 0 Å². The molecular weight excluding hydrogens is 388 g/mol. The highest BCUT2D eigenvalue weighted by Gasteiger charge is 2.05. The van der Waals surface area contributed by atoms with Crippen molar-refractivity contribution in [1.29, 1.82) is 0 Å². The highest BCUT2D eigenvalue weighted by atomic mass is 16.5. The minimum Gasteiger partial charge on any atom is -0.469 e. The van der Waals surface area contributed by atoms with Crippen LogP contribution in [0.3, 0.4) is 0 Å². The van der Waals surface area contributed by atoms with E-state index >= 15 is 0 Å². The average Bonchev–Trinajstić information content (AvgIpc) is 2.73. The molecule has 0 fully saturated rings. The summed E-state index contributed by atoms with van der Waals surface area (Å²) in [4.78, 5) is 41.8. The van der Waals surface area contributed by atoms with E-state index in [1.807, 2.05) is 60.7 Å². The fraction of sp³-hybridized carbons (Fsp3) is 0.304. The Kier molecular flexibility index (Phi) is 14.8. The molecule has 2 rings (SSSR count). The molecule has 0 aliphatic heterocycles. The highest BCUT2D eigenvalue weighted by molar-refractivity contribution is 5.94. The van der Waals surface area contributed by atoms with Crippen LogP contribution in [-0.4, -0.2) is 35.7 Å². The molecule has 2 aromatic rings. The second-order valence-electron chi connectivity index (χ2n) is 6.12. The van der Waals surface area contributed by atoms with Gasteiger partial charge in [0.2, 0.25) is 0 Å². The van der Waals surface area contributed by atoms with Crippen LogP contribution in [0.4, 0.5) is 0 Å². The maximum Gasteiger partial charge on any atom is 0.313 e. The second-order valence-corrected chi connectivity index (χ2v) is 6.12. The van der Waals surface area contributed by atoms with Crippen LogP contribution in [0.5, 0.6) is 0 Å². The molecule has 0 saturated carbocycles. The monoisotopic (exact) mass is 416 g/mol. The van der Waals surface area contributed by atoms with E-state index in [0.717, 1.165) is 11.1 Å². The molecule has 0 aliphatic rings. The van der Waals surface area contributed by atoms with Gasteiger partial charge in [0.15, 0.2) is 0 Å². The molecular formula is C23H28O7. The van der Waals surface area contributed by atoms with Crippen molar-refractivity contribution in [2.45, 2.75) is 39.9 Å². The first kappa shape index (κ1) is 26.7. The Hall–Kier alpha value is -3.32. The third-order valence-electron chi connectivity index (χ3n) is 3.28. The molecule has 0 atom stereocenters. The van der Waals surface area contributed by atoms with Gasteiger partial charge >= 0.3 is 11.9 Å². The number of benzene rings is 2. The first-order valence-electron chi connectivity index (χ1n) is 9.18. The number of Topliss-reactive ketones (excluding diaryl/α,β-unsaturated/α-hetero) is 2. The van der Waals surface area contributed by atoms with Crippen LogP contribution in [0.2, 0.25) is 0 Å². The number of carbonyl (C=O) groups excluding carboxylic acids is 4. The van der Waals surface area contributed by atoms with Gasteiger partial charge in [0.25, 0.3) is 0 Å². The SMILES string of the molecule is CC(=O)CC(=O)OCc1ccccc1.COC(=O)CC(C)=O.OCc1ccccc1. The largest absolute Gasteiger partial charge is 0.469 e. The summed E-state index contributed by atoms with van der Waals surface area (Å²) in [5.41, 5.74) is 1.89. The maximum atomic E-state index is 11.0. The second kappa shape index (κ2) is 16.6. The van der Waals surface area contributed by atoms with E-state index in [1.54, 1.807) is 0 Å². The van der Waals surface area contributed by atoms with Crippen LogP contribution in [-0.2, 0) is 41.9 Å². The predicted octanol–water partition coefficient (Wildman–Crippen LogP) is 3.03. The first-order chi connectivity index (χ1) is 14.3. The van der Waals surface area contributed by atoms with E-state index in [0.29, 0.717) is 0 Å². The molecule has 162 valence electrons. The molecule has 0 aromatic heterocycles. The fourth-order valence-electron chi connectivity index (χ4n) is 1.85. The molecule has 0 unspecified atom stereocenters. The summed E-state index contributed by atoms with van der Waals surface area (Å²) in [6, 6.07) is 18.9. The van der Waals surface area contributed by atoms with Gasteiger partial charge in [0.05, 0.1) is 13.7 Å². The molecule has 0 aliphatic carbocycles. The van der Waals surface area contributed by atoms with E-state index in [9.17, 15) is 19.2 Å². The van der Waals surface area contributed by atoms with Gasteiger partial charge in [-0.1, -0.05) is 60.7 Å². The lowest BCUT2D eigenvalue weighted by molar-refractivity contribution is -0.147. The van der Waals surface area contributed by atoms with Crippen molar-refractivity contribution in [2.75, 3.05) is 7.11 Å². The molecule has 7 heteroatoms. The number of ether oxygens (including phenoxy) is 2. The molecule has 2 aromatic carbocycles. The van der Waals surface area contributed by atoms with Crippen molar-refractivity contribution in [3.63, 3.8) is 0 Å². The fourth-order valence-corrected chi connectivity index (χ4v) is 1.85. The zero-order chi connectivity index (χ0) is 22.8. The van der Waals surface area contributed by atoms with Gasteiger partial charge in [-0.25, -0.2) is 0 Å². The summed E-state index contributed by atoms with van der Waals surface area (Å²) in [5.74, 6) is -1.29. The summed E-state index contributed by atoms with van der Waals surface area (Å²) < 4.78 is 9.08. The Morgan fingerprint density at radius 3 is 1.50 bits per heavy atom. The number of aliphatic hydroxyl groups excluding tert-OH is 1. The summed E-state index contributed by atoms with van der Waals surface area (Å²) >= 11 is 0. The van der Waals surface area contributed by atoms with E-state index in [1.165, 1.54) is 21.0 Å². The number of ketones is 2. The smallest absolute Gasteiger partial charge is 0.313 e. The topological polar surface area (TPSA) is 107 Å². The van der Waals surface area contributed by atoms with Crippen molar-refractivity contribution in [2.24, 2.45) is 0 Å². The number of carbonyl (C=O) groups is 4. The van der Waals surface area contributed by atoms with E-state index < -0.39 is 11.9 Å². The van der Waals surface area contributed by atoms with E-state index in [2.05, 4.69) is 4.74 Å². The molecule has 1 N–H and O–H groups in total. The molecule has 0 bridgehead atoms. The van der Waals surface area contributed by atoms with Crippen molar-refractivity contribution < 1.29 is 33.8 Å². The van der Waals surface area contributed by atoms with Crippen molar-refractivity contribution >= 4 is 23.5 Å². The zero-order valence-corrected chi connectivity index (χ0v) is 17.5. The van der Waals surface area contributed by atoms with Crippen LogP contribution in [0.25, 0.3) is 0 Å². The molecule has 0 spiro atoms. The summed E-state index contributed by atoms with van der Waals surface area (Å²) in [5, 5.41) is 8.54. The highest BCUT2D eigenvalue weighted by Crippen LogP contribution is 2.01. The molecule has 0 radical (unpaired) electrons. The maximum absolute atomic E-state index is 11.0. The van der Waals surface area contributed by atoms with Crippen LogP contribution in [0.1, 0.15) is 37.8 Å². The molecule has 30 heavy (non-hydrogen) atoms. The molecule has 0 heterocycles. The first-order valence-corrected chi connectivity index (χ1v) is 9.18. The van der Waals surface area contributed by atoms with E-state index in [-0.39, 0.29) is 37.6 Å². The van der Waals surface area contributed by atoms with E-state index in [4.69, 9.17) is 9.84 Å². The number of esters is 2. The number of hydrogen-bond donors (Lipinski definition) is 1. The Morgan fingerprint density at radius 1 is 0.733 bits per heavy atom. The summed E-state index contributed by atoms with van der Waals surface area (Å²) in [6.45, 7) is 3.08. The van der Waals surface area contributed by atoms with Crippen LogP contribution in [0.15, 0.2) is 60.7 Å². The van der Waals surface area contributed by atoms with Crippen LogP contribution in [0, 0.1) is 0 Å². The van der Waals surface area contributed by atoms with Gasteiger partial charge in [-0.3, -0.25) is 19.2 Å². The minimum absolute atomic E-state index is 0.115.